The van der Waals surface area contributed by atoms with Gasteiger partial charge in [0.15, 0.2) is 0 Å². The molecule has 4 aliphatic rings. The fourth-order valence-corrected chi connectivity index (χ4v) is 6.37. The Kier molecular flexibility index (Phi) is 5.35. The third-order valence-electron chi connectivity index (χ3n) is 6.85. The van der Waals surface area contributed by atoms with Gasteiger partial charge in [0.25, 0.3) is 0 Å². The van der Waals surface area contributed by atoms with Gasteiger partial charge < -0.3 is 15.4 Å². The van der Waals surface area contributed by atoms with Crippen molar-refractivity contribution >= 4 is 11.8 Å². The normalized spacial score (nSPS) is 32.8. The van der Waals surface area contributed by atoms with Crippen LogP contribution in [-0.4, -0.2) is 30.5 Å². The average molecular weight is 385 g/mol. The first-order valence-corrected chi connectivity index (χ1v) is 10.7. The fraction of sp³-hybridized carbons (Fsp3) is 0.652. The smallest absolute Gasteiger partial charge is 0.226 e. The van der Waals surface area contributed by atoms with Crippen LogP contribution in [0.4, 0.5) is 0 Å². The van der Waals surface area contributed by atoms with Gasteiger partial charge in [-0.05, 0) is 75.3 Å². The summed E-state index contributed by atoms with van der Waals surface area (Å²) in [4.78, 5) is 24.9. The average Bonchev–Trinajstić information content (AvgIpc) is 2.63. The largest absolute Gasteiger partial charge is 0.494 e. The summed E-state index contributed by atoms with van der Waals surface area (Å²) >= 11 is 0. The number of hydrogen-bond donors (Lipinski definition) is 2. The Morgan fingerprint density at radius 2 is 1.79 bits per heavy atom. The molecule has 1 aromatic carbocycles. The van der Waals surface area contributed by atoms with Crippen LogP contribution < -0.4 is 15.4 Å². The predicted molar refractivity (Wildman–Crippen MR) is 108 cm³/mol. The molecular weight excluding hydrogens is 352 g/mol. The van der Waals surface area contributed by atoms with Crippen LogP contribution in [0.2, 0.25) is 0 Å². The summed E-state index contributed by atoms with van der Waals surface area (Å²) in [6.45, 7) is 2.96. The number of carbonyl (C=O) groups is 2. The lowest BCUT2D eigenvalue weighted by atomic mass is 9.46. The van der Waals surface area contributed by atoms with E-state index in [1.165, 1.54) is 6.42 Å². The molecule has 152 valence electrons. The van der Waals surface area contributed by atoms with Gasteiger partial charge in [-0.15, -0.1) is 0 Å². The monoisotopic (exact) mass is 384 g/mol. The highest BCUT2D eigenvalue weighted by atomic mass is 16.5. The topological polar surface area (TPSA) is 67.4 Å². The molecule has 4 saturated carbocycles. The molecule has 0 spiro atoms. The second kappa shape index (κ2) is 7.76. The number of benzene rings is 1. The lowest BCUT2D eigenvalue weighted by Gasteiger charge is -2.61. The Morgan fingerprint density at radius 1 is 1.07 bits per heavy atom. The summed E-state index contributed by atoms with van der Waals surface area (Å²) in [5.74, 6) is 2.30. The first-order valence-electron chi connectivity index (χ1n) is 10.7. The van der Waals surface area contributed by atoms with Gasteiger partial charge in [0.2, 0.25) is 11.8 Å². The van der Waals surface area contributed by atoms with E-state index in [-0.39, 0.29) is 22.8 Å². The van der Waals surface area contributed by atoms with Crippen molar-refractivity contribution in [2.45, 2.75) is 63.8 Å². The summed E-state index contributed by atoms with van der Waals surface area (Å²) in [5, 5.41) is 6.43. The summed E-state index contributed by atoms with van der Waals surface area (Å²) in [6, 6.07) is 9.83. The molecule has 4 atom stereocenters. The molecule has 0 heterocycles. The standard InChI is InChI=1S/C23H32N2O3/c1-17(26)25-23-14-18-11-19(15-23)13-22(12-18,16-23)21(27)24-9-5-6-10-28-20-7-3-2-4-8-20/h2-4,7-8,18-19H,5-6,9-16H2,1H3,(H,24,27)(H,25,26)/t18-,19+,22?,23?. The molecule has 5 heteroatoms. The number of hydrogen-bond acceptors (Lipinski definition) is 3. The van der Waals surface area contributed by atoms with Crippen LogP contribution in [0.25, 0.3) is 0 Å². The third-order valence-corrected chi connectivity index (χ3v) is 6.85. The molecule has 4 fully saturated rings. The zero-order chi connectivity index (χ0) is 19.6. The highest BCUT2D eigenvalue weighted by Gasteiger charge is 2.60. The van der Waals surface area contributed by atoms with Crippen LogP contribution in [-0.2, 0) is 9.59 Å². The van der Waals surface area contributed by atoms with Crippen LogP contribution in [0.1, 0.15) is 58.3 Å². The van der Waals surface area contributed by atoms with Crippen molar-refractivity contribution in [3.63, 3.8) is 0 Å². The number of ether oxygens (including phenoxy) is 1. The maximum absolute atomic E-state index is 13.1. The molecule has 0 aliphatic heterocycles. The van der Waals surface area contributed by atoms with E-state index < -0.39 is 0 Å². The van der Waals surface area contributed by atoms with E-state index in [2.05, 4.69) is 10.6 Å². The molecule has 4 bridgehead atoms. The molecule has 0 saturated heterocycles. The fourth-order valence-electron chi connectivity index (χ4n) is 6.37. The molecule has 4 aliphatic carbocycles. The molecule has 2 N–H and O–H groups in total. The van der Waals surface area contributed by atoms with E-state index >= 15 is 0 Å². The first kappa shape index (κ1) is 19.3. The molecule has 5 rings (SSSR count). The first-order chi connectivity index (χ1) is 13.5. The second-order valence-electron chi connectivity index (χ2n) is 9.33. The molecule has 2 amide bonds. The summed E-state index contributed by atoms with van der Waals surface area (Å²) in [5.41, 5.74) is -0.413. The number of nitrogens with one attached hydrogen (secondary N) is 2. The van der Waals surface area contributed by atoms with Crippen molar-refractivity contribution in [2.75, 3.05) is 13.2 Å². The lowest BCUT2D eigenvalue weighted by Crippen LogP contribution is -2.65. The summed E-state index contributed by atoms with van der Waals surface area (Å²) in [6.07, 6.45) is 7.97. The van der Waals surface area contributed by atoms with Crippen LogP contribution in [0, 0.1) is 17.3 Å². The van der Waals surface area contributed by atoms with Crippen molar-refractivity contribution in [1.29, 1.82) is 0 Å². The van der Waals surface area contributed by atoms with Gasteiger partial charge in [-0.3, -0.25) is 9.59 Å². The Balaban J connectivity index is 1.26. The highest BCUT2D eigenvalue weighted by Crippen LogP contribution is 2.61. The van der Waals surface area contributed by atoms with Crippen molar-refractivity contribution < 1.29 is 14.3 Å². The molecule has 5 nitrogen and oxygen atoms in total. The minimum atomic E-state index is -0.271. The number of unbranched alkanes of at least 4 members (excludes halogenated alkanes) is 1. The molecule has 1 aromatic rings. The van der Waals surface area contributed by atoms with E-state index in [4.69, 9.17) is 4.74 Å². The Hall–Kier alpha value is -2.04. The number of rotatable bonds is 8. The van der Waals surface area contributed by atoms with E-state index in [1.54, 1.807) is 6.92 Å². The summed E-state index contributed by atoms with van der Waals surface area (Å²) in [7, 11) is 0. The SMILES string of the molecule is CC(=O)NC12C[C@H]3C[C@@H](C1)CC(C(=O)NCCCCOc1ccccc1)(C3)C2. The minimum Gasteiger partial charge on any atom is -0.494 e. The van der Waals surface area contributed by atoms with E-state index in [1.807, 2.05) is 30.3 Å². The van der Waals surface area contributed by atoms with Gasteiger partial charge in [-0.1, -0.05) is 18.2 Å². The quantitative estimate of drug-likeness (QED) is 0.675. The third kappa shape index (κ3) is 4.03. The molecule has 28 heavy (non-hydrogen) atoms. The van der Waals surface area contributed by atoms with Gasteiger partial charge in [-0.25, -0.2) is 0 Å². The molecule has 2 unspecified atom stereocenters. The molecular formula is C23H32N2O3. The van der Waals surface area contributed by atoms with Crippen LogP contribution >= 0.6 is 0 Å². The lowest BCUT2D eigenvalue weighted by molar-refractivity contribution is -0.153. The highest BCUT2D eigenvalue weighted by molar-refractivity contribution is 5.84. The van der Waals surface area contributed by atoms with Crippen LogP contribution in [0.5, 0.6) is 5.75 Å². The maximum Gasteiger partial charge on any atom is 0.226 e. The van der Waals surface area contributed by atoms with E-state index in [0.717, 1.165) is 50.7 Å². The van der Waals surface area contributed by atoms with Crippen molar-refractivity contribution in [3.8, 4) is 5.75 Å². The Morgan fingerprint density at radius 3 is 2.46 bits per heavy atom. The zero-order valence-corrected chi connectivity index (χ0v) is 16.8. The minimum absolute atomic E-state index is 0.0379. The van der Waals surface area contributed by atoms with Gasteiger partial charge in [0, 0.05) is 19.0 Å². The van der Waals surface area contributed by atoms with Crippen molar-refractivity contribution in [3.05, 3.63) is 30.3 Å². The number of amides is 2. The Bertz CT molecular complexity index is 704. The van der Waals surface area contributed by atoms with Crippen LogP contribution in [0.15, 0.2) is 30.3 Å². The van der Waals surface area contributed by atoms with E-state index in [0.29, 0.717) is 25.0 Å². The van der Waals surface area contributed by atoms with Crippen molar-refractivity contribution in [1.82, 2.24) is 10.6 Å². The maximum atomic E-state index is 13.1. The van der Waals surface area contributed by atoms with Gasteiger partial charge >= 0.3 is 0 Å². The second-order valence-corrected chi connectivity index (χ2v) is 9.33. The van der Waals surface area contributed by atoms with Gasteiger partial charge in [0.1, 0.15) is 5.75 Å². The predicted octanol–water partition coefficient (Wildman–Crippen LogP) is 3.44. The number of para-hydroxylation sites is 1. The zero-order valence-electron chi connectivity index (χ0n) is 16.8. The van der Waals surface area contributed by atoms with Crippen LogP contribution in [0.3, 0.4) is 0 Å². The summed E-state index contributed by atoms with van der Waals surface area (Å²) < 4.78 is 5.71. The Labute approximate surface area is 167 Å². The molecule has 0 aromatic heterocycles. The number of carbonyl (C=O) groups excluding carboxylic acids is 2. The molecule has 0 radical (unpaired) electrons. The van der Waals surface area contributed by atoms with Crippen molar-refractivity contribution in [2.24, 2.45) is 17.3 Å². The van der Waals surface area contributed by atoms with Gasteiger partial charge in [0.05, 0.1) is 12.0 Å². The van der Waals surface area contributed by atoms with E-state index in [9.17, 15) is 9.59 Å². The van der Waals surface area contributed by atoms with Gasteiger partial charge in [-0.2, -0.15) is 0 Å².